The number of carboxylic acid groups (broad SMARTS) is 1. The molecule has 1 aromatic rings. The maximum absolute atomic E-state index is 11.7. The standard InChI is InChI=1S/C13H13NO8/c1-8(15)21-7-13(12(17)18,22-9(2)16)10-5-3-4-6-11(10)14(19)20/h3-6H,7H2,1-2H3,(H,17,18). The molecule has 0 aromatic heterocycles. The fourth-order valence-electron chi connectivity index (χ4n) is 1.81. The quantitative estimate of drug-likeness (QED) is 0.467. The van der Waals surface area contributed by atoms with Crippen molar-refractivity contribution in [1.29, 1.82) is 0 Å². The van der Waals surface area contributed by atoms with Crippen molar-refractivity contribution in [3.63, 3.8) is 0 Å². The monoisotopic (exact) mass is 311 g/mol. The van der Waals surface area contributed by atoms with Crippen LogP contribution in [0.25, 0.3) is 0 Å². The number of hydrogen-bond acceptors (Lipinski definition) is 7. The van der Waals surface area contributed by atoms with E-state index in [9.17, 15) is 29.6 Å². The molecule has 0 amide bonds. The molecule has 0 saturated carbocycles. The first-order valence-electron chi connectivity index (χ1n) is 6.01. The van der Waals surface area contributed by atoms with Gasteiger partial charge >= 0.3 is 17.9 Å². The van der Waals surface area contributed by atoms with Gasteiger partial charge in [0.15, 0.2) is 0 Å². The van der Waals surface area contributed by atoms with Crippen LogP contribution in [0.5, 0.6) is 0 Å². The van der Waals surface area contributed by atoms with Gasteiger partial charge in [0, 0.05) is 19.9 Å². The highest BCUT2D eigenvalue weighted by molar-refractivity contribution is 5.85. The van der Waals surface area contributed by atoms with Crippen molar-refractivity contribution >= 4 is 23.6 Å². The molecular weight excluding hydrogens is 298 g/mol. The number of esters is 2. The van der Waals surface area contributed by atoms with Crippen molar-refractivity contribution in [3.05, 3.63) is 39.9 Å². The largest absolute Gasteiger partial charge is 0.478 e. The van der Waals surface area contributed by atoms with Crippen molar-refractivity contribution in [2.75, 3.05) is 6.61 Å². The molecule has 0 fully saturated rings. The highest BCUT2D eigenvalue weighted by atomic mass is 16.6. The number of benzene rings is 1. The van der Waals surface area contributed by atoms with Gasteiger partial charge in [0.1, 0.15) is 6.61 Å². The number of nitrogens with zero attached hydrogens (tertiary/aromatic N) is 1. The number of ether oxygens (including phenoxy) is 2. The lowest BCUT2D eigenvalue weighted by Gasteiger charge is -2.28. The van der Waals surface area contributed by atoms with Crippen LogP contribution in [0.15, 0.2) is 24.3 Å². The normalized spacial score (nSPS) is 12.8. The highest BCUT2D eigenvalue weighted by Gasteiger charge is 2.49. The van der Waals surface area contributed by atoms with Gasteiger partial charge in [-0.15, -0.1) is 0 Å². The lowest BCUT2D eigenvalue weighted by atomic mass is 9.92. The van der Waals surface area contributed by atoms with Crippen LogP contribution in [0.4, 0.5) is 5.69 Å². The first-order chi connectivity index (χ1) is 10.2. The maximum Gasteiger partial charge on any atom is 0.356 e. The highest BCUT2D eigenvalue weighted by Crippen LogP contribution is 2.34. The Hall–Kier alpha value is -2.97. The molecule has 0 aliphatic heterocycles. The third-order valence-corrected chi connectivity index (χ3v) is 2.68. The molecule has 1 atom stereocenters. The Morgan fingerprint density at radius 3 is 2.27 bits per heavy atom. The Bertz CT molecular complexity index is 626. The minimum Gasteiger partial charge on any atom is -0.478 e. The topological polar surface area (TPSA) is 133 Å². The predicted octanol–water partition coefficient (Wildman–Crippen LogP) is 1.00. The summed E-state index contributed by atoms with van der Waals surface area (Å²) in [5.74, 6) is -3.51. The van der Waals surface area contributed by atoms with E-state index in [-0.39, 0.29) is 0 Å². The number of aliphatic carboxylic acids is 1. The average Bonchev–Trinajstić information content (AvgIpc) is 2.42. The van der Waals surface area contributed by atoms with Crippen LogP contribution in [0.2, 0.25) is 0 Å². The molecule has 1 unspecified atom stereocenters. The second-order valence-electron chi connectivity index (χ2n) is 4.28. The molecule has 0 bridgehead atoms. The zero-order valence-electron chi connectivity index (χ0n) is 11.8. The van der Waals surface area contributed by atoms with Gasteiger partial charge in [0.2, 0.25) is 0 Å². The summed E-state index contributed by atoms with van der Waals surface area (Å²) in [5, 5.41) is 20.5. The molecule has 0 spiro atoms. The van der Waals surface area contributed by atoms with Crippen LogP contribution < -0.4 is 0 Å². The fraction of sp³-hybridized carbons (Fsp3) is 0.308. The number of para-hydroxylation sites is 1. The summed E-state index contributed by atoms with van der Waals surface area (Å²) < 4.78 is 9.45. The van der Waals surface area contributed by atoms with E-state index in [0.29, 0.717) is 0 Å². The number of hydrogen-bond donors (Lipinski definition) is 1. The molecule has 9 nitrogen and oxygen atoms in total. The Morgan fingerprint density at radius 1 is 1.23 bits per heavy atom. The Morgan fingerprint density at radius 2 is 1.82 bits per heavy atom. The van der Waals surface area contributed by atoms with E-state index in [4.69, 9.17) is 4.74 Å². The minimum atomic E-state index is -2.50. The smallest absolute Gasteiger partial charge is 0.356 e. The molecule has 1 rings (SSSR count). The molecule has 118 valence electrons. The van der Waals surface area contributed by atoms with Gasteiger partial charge in [0.05, 0.1) is 10.5 Å². The van der Waals surface area contributed by atoms with E-state index < -0.39 is 46.3 Å². The van der Waals surface area contributed by atoms with E-state index in [1.54, 1.807) is 0 Å². The van der Waals surface area contributed by atoms with Crippen molar-refractivity contribution < 1.29 is 33.9 Å². The van der Waals surface area contributed by atoms with Gasteiger partial charge < -0.3 is 14.6 Å². The molecule has 9 heteroatoms. The van der Waals surface area contributed by atoms with Crippen LogP contribution >= 0.6 is 0 Å². The van der Waals surface area contributed by atoms with Crippen LogP contribution in [0, 0.1) is 10.1 Å². The second kappa shape index (κ2) is 6.66. The van der Waals surface area contributed by atoms with E-state index in [1.165, 1.54) is 12.1 Å². The summed E-state index contributed by atoms with van der Waals surface area (Å²) in [7, 11) is 0. The summed E-state index contributed by atoms with van der Waals surface area (Å²) in [4.78, 5) is 44.1. The molecule has 1 N–H and O–H groups in total. The van der Waals surface area contributed by atoms with Crippen molar-refractivity contribution in [3.8, 4) is 0 Å². The van der Waals surface area contributed by atoms with E-state index >= 15 is 0 Å². The molecule has 0 radical (unpaired) electrons. The Kier molecular flexibility index (Phi) is 5.17. The van der Waals surface area contributed by atoms with Crippen molar-refractivity contribution in [2.45, 2.75) is 19.4 Å². The predicted molar refractivity (Wildman–Crippen MR) is 70.8 cm³/mol. The van der Waals surface area contributed by atoms with Crippen LogP contribution in [-0.2, 0) is 29.5 Å². The van der Waals surface area contributed by atoms with E-state index in [2.05, 4.69) is 4.74 Å². The molecule has 0 saturated heterocycles. The fourth-order valence-corrected chi connectivity index (χ4v) is 1.81. The summed E-state index contributed by atoms with van der Waals surface area (Å²) >= 11 is 0. The van der Waals surface area contributed by atoms with Gasteiger partial charge in [-0.1, -0.05) is 12.1 Å². The SMILES string of the molecule is CC(=O)OCC(OC(C)=O)(C(=O)O)c1ccccc1[N+](=O)[O-]. The average molecular weight is 311 g/mol. The third-order valence-electron chi connectivity index (χ3n) is 2.68. The number of nitro groups is 1. The zero-order valence-corrected chi connectivity index (χ0v) is 11.8. The van der Waals surface area contributed by atoms with Crippen LogP contribution in [0.3, 0.4) is 0 Å². The van der Waals surface area contributed by atoms with Crippen molar-refractivity contribution in [2.24, 2.45) is 0 Å². The summed E-state index contributed by atoms with van der Waals surface area (Å²) in [5.41, 5.74) is -3.47. The summed E-state index contributed by atoms with van der Waals surface area (Å²) in [6, 6.07) is 4.86. The first-order valence-corrected chi connectivity index (χ1v) is 6.01. The summed E-state index contributed by atoms with van der Waals surface area (Å²) in [6.45, 7) is 1.09. The molecular formula is C13H13NO8. The second-order valence-corrected chi connectivity index (χ2v) is 4.28. The van der Waals surface area contributed by atoms with Crippen LogP contribution in [0.1, 0.15) is 19.4 Å². The molecule has 0 aliphatic rings. The zero-order chi connectivity index (χ0) is 16.9. The summed E-state index contributed by atoms with van der Waals surface area (Å²) in [6.07, 6.45) is 0. The van der Waals surface area contributed by atoms with Gasteiger partial charge in [-0.2, -0.15) is 0 Å². The van der Waals surface area contributed by atoms with E-state index in [0.717, 1.165) is 26.0 Å². The number of rotatable bonds is 6. The minimum absolute atomic E-state index is 0.399. The number of carbonyl (C=O) groups excluding carboxylic acids is 2. The number of carboxylic acids is 1. The molecule has 0 aliphatic carbocycles. The van der Waals surface area contributed by atoms with Crippen LogP contribution in [-0.4, -0.2) is 34.5 Å². The third kappa shape index (κ3) is 3.57. The lowest BCUT2D eigenvalue weighted by molar-refractivity contribution is -0.386. The van der Waals surface area contributed by atoms with Gasteiger partial charge in [-0.3, -0.25) is 19.7 Å². The Balaban J connectivity index is 3.53. The van der Waals surface area contributed by atoms with Gasteiger partial charge in [-0.25, -0.2) is 4.79 Å². The maximum atomic E-state index is 11.7. The number of nitro benzene ring substituents is 1. The van der Waals surface area contributed by atoms with Gasteiger partial charge in [0.25, 0.3) is 11.3 Å². The van der Waals surface area contributed by atoms with E-state index in [1.807, 2.05) is 0 Å². The molecule has 1 aromatic carbocycles. The molecule has 0 heterocycles. The molecule has 22 heavy (non-hydrogen) atoms. The number of carbonyl (C=O) groups is 3. The lowest BCUT2D eigenvalue weighted by Crippen LogP contribution is -2.45. The first kappa shape index (κ1) is 17.1. The van der Waals surface area contributed by atoms with Gasteiger partial charge in [-0.05, 0) is 6.07 Å². The van der Waals surface area contributed by atoms with Crippen molar-refractivity contribution in [1.82, 2.24) is 0 Å². The Labute approximate surface area is 124 Å².